The van der Waals surface area contributed by atoms with Gasteiger partial charge < -0.3 is 10.6 Å². The Morgan fingerprint density at radius 3 is 2.86 bits per heavy atom. The van der Waals surface area contributed by atoms with E-state index in [1.165, 1.54) is 12.8 Å². The molecular formula is C11H19N3. The lowest BCUT2D eigenvalue weighted by atomic mass is 10.3. The molecule has 0 aliphatic heterocycles. The SMILES string of the molecule is CCCCN(C)Cc1cccc(N)n1. The average Bonchev–Trinajstić information content (AvgIpc) is 2.15. The minimum atomic E-state index is 0.603. The summed E-state index contributed by atoms with van der Waals surface area (Å²) in [5.74, 6) is 0.603. The maximum Gasteiger partial charge on any atom is 0.123 e. The first-order chi connectivity index (χ1) is 6.72. The summed E-state index contributed by atoms with van der Waals surface area (Å²) in [6, 6.07) is 5.78. The van der Waals surface area contributed by atoms with Crippen LogP contribution in [0.15, 0.2) is 18.2 Å². The average molecular weight is 193 g/mol. The maximum atomic E-state index is 5.60. The number of anilines is 1. The molecule has 1 aromatic rings. The Kier molecular flexibility index (Phi) is 4.40. The summed E-state index contributed by atoms with van der Waals surface area (Å²) in [4.78, 5) is 6.53. The summed E-state index contributed by atoms with van der Waals surface area (Å²) in [6.45, 7) is 4.20. The van der Waals surface area contributed by atoms with Crippen LogP contribution in [0.1, 0.15) is 25.5 Å². The van der Waals surface area contributed by atoms with E-state index in [1.807, 2.05) is 18.2 Å². The van der Waals surface area contributed by atoms with Gasteiger partial charge in [0.15, 0.2) is 0 Å². The van der Waals surface area contributed by atoms with Gasteiger partial charge in [-0.25, -0.2) is 4.98 Å². The molecule has 1 aromatic heterocycles. The largest absolute Gasteiger partial charge is 0.384 e. The fourth-order valence-corrected chi connectivity index (χ4v) is 1.37. The van der Waals surface area contributed by atoms with Gasteiger partial charge in [0.1, 0.15) is 5.82 Å². The molecule has 0 amide bonds. The molecule has 0 fully saturated rings. The van der Waals surface area contributed by atoms with Gasteiger partial charge in [0.25, 0.3) is 0 Å². The van der Waals surface area contributed by atoms with Crippen molar-refractivity contribution in [3.8, 4) is 0 Å². The van der Waals surface area contributed by atoms with Crippen LogP contribution >= 0.6 is 0 Å². The molecule has 0 aliphatic carbocycles. The molecule has 0 saturated heterocycles. The number of rotatable bonds is 5. The lowest BCUT2D eigenvalue weighted by Crippen LogP contribution is -2.19. The van der Waals surface area contributed by atoms with Crippen molar-refractivity contribution < 1.29 is 0 Å². The van der Waals surface area contributed by atoms with E-state index in [0.29, 0.717) is 5.82 Å². The van der Waals surface area contributed by atoms with Gasteiger partial charge in [0.2, 0.25) is 0 Å². The Morgan fingerprint density at radius 2 is 2.21 bits per heavy atom. The molecule has 1 rings (SSSR count). The van der Waals surface area contributed by atoms with Crippen molar-refractivity contribution >= 4 is 5.82 Å². The van der Waals surface area contributed by atoms with Crippen molar-refractivity contribution in [2.24, 2.45) is 0 Å². The predicted octanol–water partition coefficient (Wildman–Crippen LogP) is 1.90. The van der Waals surface area contributed by atoms with E-state index < -0.39 is 0 Å². The van der Waals surface area contributed by atoms with Crippen molar-refractivity contribution in [1.29, 1.82) is 0 Å². The highest BCUT2D eigenvalue weighted by molar-refractivity contribution is 5.28. The number of unbranched alkanes of at least 4 members (excludes halogenated alkanes) is 1. The molecule has 0 unspecified atom stereocenters. The molecular weight excluding hydrogens is 174 g/mol. The third-order valence-electron chi connectivity index (χ3n) is 2.15. The van der Waals surface area contributed by atoms with Crippen LogP contribution in [0.3, 0.4) is 0 Å². The Hall–Kier alpha value is -1.09. The van der Waals surface area contributed by atoms with Gasteiger partial charge in [0, 0.05) is 6.54 Å². The minimum Gasteiger partial charge on any atom is -0.384 e. The summed E-state index contributed by atoms with van der Waals surface area (Å²) in [6.07, 6.45) is 2.47. The minimum absolute atomic E-state index is 0.603. The smallest absolute Gasteiger partial charge is 0.123 e. The third-order valence-corrected chi connectivity index (χ3v) is 2.15. The van der Waals surface area contributed by atoms with Gasteiger partial charge in [-0.1, -0.05) is 19.4 Å². The van der Waals surface area contributed by atoms with E-state index >= 15 is 0 Å². The van der Waals surface area contributed by atoms with E-state index in [0.717, 1.165) is 18.8 Å². The third kappa shape index (κ3) is 3.75. The van der Waals surface area contributed by atoms with Crippen LogP contribution in [0.2, 0.25) is 0 Å². The number of nitrogens with zero attached hydrogens (tertiary/aromatic N) is 2. The molecule has 0 radical (unpaired) electrons. The molecule has 0 aromatic carbocycles. The molecule has 1 heterocycles. The monoisotopic (exact) mass is 193 g/mol. The van der Waals surface area contributed by atoms with E-state index in [-0.39, 0.29) is 0 Å². The Balaban J connectivity index is 2.43. The Bertz CT molecular complexity index is 273. The highest BCUT2D eigenvalue weighted by atomic mass is 15.1. The number of aromatic nitrogens is 1. The van der Waals surface area contributed by atoms with Crippen LogP contribution in [0.25, 0.3) is 0 Å². The van der Waals surface area contributed by atoms with Crippen LogP contribution in [-0.4, -0.2) is 23.5 Å². The van der Waals surface area contributed by atoms with E-state index in [1.54, 1.807) is 0 Å². The predicted molar refractivity (Wildman–Crippen MR) is 59.9 cm³/mol. The highest BCUT2D eigenvalue weighted by Gasteiger charge is 2.00. The van der Waals surface area contributed by atoms with Gasteiger partial charge in [0.05, 0.1) is 5.69 Å². The van der Waals surface area contributed by atoms with Gasteiger partial charge in [-0.2, -0.15) is 0 Å². The summed E-state index contributed by atoms with van der Waals surface area (Å²) in [5, 5.41) is 0. The lowest BCUT2D eigenvalue weighted by molar-refractivity contribution is 0.317. The molecule has 0 aliphatic rings. The van der Waals surface area contributed by atoms with Crippen molar-refractivity contribution in [2.45, 2.75) is 26.3 Å². The first-order valence-electron chi connectivity index (χ1n) is 5.12. The quantitative estimate of drug-likeness (QED) is 0.776. The number of hydrogen-bond donors (Lipinski definition) is 1. The summed E-state index contributed by atoms with van der Waals surface area (Å²) < 4.78 is 0. The molecule has 0 saturated carbocycles. The van der Waals surface area contributed by atoms with Crippen molar-refractivity contribution in [3.05, 3.63) is 23.9 Å². The van der Waals surface area contributed by atoms with Crippen molar-refractivity contribution in [2.75, 3.05) is 19.3 Å². The molecule has 0 spiro atoms. The van der Waals surface area contributed by atoms with Crippen molar-refractivity contribution in [3.63, 3.8) is 0 Å². The summed E-state index contributed by atoms with van der Waals surface area (Å²) in [5.41, 5.74) is 6.65. The topological polar surface area (TPSA) is 42.1 Å². The van der Waals surface area contributed by atoms with E-state index in [9.17, 15) is 0 Å². The van der Waals surface area contributed by atoms with Gasteiger partial charge in [-0.15, -0.1) is 0 Å². The zero-order valence-corrected chi connectivity index (χ0v) is 9.03. The fourth-order valence-electron chi connectivity index (χ4n) is 1.37. The molecule has 78 valence electrons. The summed E-state index contributed by atoms with van der Waals surface area (Å²) in [7, 11) is 2.11. The molecule has 0 bridgehead atoms. The number of hydrogen-bond acceptors (Lipinski definition) is 3. The molecule has 3 heteroatoms. The number of nitrogens with two attached hydrogens (primary N) is 1. The zero-order valence-electron chi connectivity index (χ0n) is 9.03. The maximum absolute atomic E-state index is 5.60. The van der Waals surface area contributed by atoms with Crippen LogP contribution in [-0.2, 0) is 6.54 Å². The normalized spacial score (nSPS) is 10.8. The molecule has 14 heavy (non-hydrogen) atoms. The number of nitrogen functional groups attached to an aromatic ring is 1. The Labute approximate surface area is 85.9 Å². The first-order valence-corrected chi connectivity index (χ1v) is 5.12. The second kappa shape index (κ2) is 5.60. The summed E-state index contributed by atoms with van der Waals surface area (Å²) >= 11 is 0. The van der Waals surface area contributed by atoms with Gasteiger partial charge in [-0.3, -0.25) is 0 Å². The molecule has 0 atom stereocenters. The molecule has 3 nitrogen and oxygen atoms in total. The highest BCUT2D eigenvalue weighted by Crippen LogP contribution is 2.04. The van der Waals surface area contributed by atoms with Crippen LogP contribution in [0.5, 0.6) is 0 Å². The van der Waals surface area contributed by atoms with Crippen LogP contribution < -0.4 is 5.73 Å². The van der Waals surface area contributed by atoms with Gasteiger partial charge >= 0.3 is 0 Å². The standard InChI is InChI=1S/C11H19N3/c1-3-4-8-14(2)9-10-6-5-7-11(12)13-10/h5-7H,3-4,8-9H2,1-2H3,(H2,12,13). The van der Waals surface area contributed by atoms with Gasteiger partial charge in [-0.05, 0) is 32.1 Å². The van der Waals surface area contributed by atoms with Crippen LogP contribution in [0.4, 0.5) is 5.82 Å². The van der Waals surface area contributed by atoms with E-state index in [4.69, 9.17) is 5.73 Å². The second-order valence-electron chi connectivity index (χ2n) is 3.65. The van der Waals surface area contributed by atoms with Crippen LogP contribution in [0, 0.1) is 0 Å². The van der Waals surface area contributed by atoms with E-state index in [2.05, 4.69) is 23.9 Å². The molecule has 2 N–H and O–H groups in total. The fraction of sp³-hybridized carbons (Fsp3) is 0.545. The first kappa shape index (κ1) is 11.0. The van der Waals surface area contributed by atoms with Crippen molar-refractivity contribution in [1.82, 2.24) is 9.88 Å². The Morgan fingerprint density at radius 1 is 1.43 bits per heavy atom. The zero-order chi connectivity index (χ0) is 10.4. The second-order valence-corrected chi connectivity index (χ2v) is 3.65. The lowest BCUT2D eigenvalue weighted by Gasteiger charge is -2.15. The number of pyridine rings is 1.